The minimum absolute atomic E-state index is 0.665. The number of aryl methyl sites for hydroxylation is 1. The van der Waals surface area contributed by atoms with E-state index in [1.807, 2.05) is 38.1 Å². The molecule has 1 aromatic carbocycles. The quantitative estimate of drug-likeness (QED) is 0.851. The van der Waals surface area contributed by atoms with Gasteiger partial charge in [0.1, 0.15) is 16.9 Å². The van der Waals surface area contributed by atoms with Gasteiger partial charge in [-0.15, -0.1) is 0 Å². The Bertz CT molecular complexity index is 494. The molecule has 0 bridgehead atoms. The van der Waals surface area contributed by atoms with Gasteiger partial charge >= 0.3 is 0 Å². The Labute approximate surface area is 95.9 Å². The number of furan rings is 1. The lowest BCUT2D eigenvalue weighted by molar-refractivity contribution is 0.0261. The van der Waals surface area contributed by atoms with Crippen LogP contribution >= 0.6 is 0 Å². The van der Waals surface area contributed by atoms with Crippen LogP contribution < -0.4 is 0 Å². The summed E-state index contributed by atoms with van der Waals surface area (Å²) in [6.45, 7) is 5.88. The summed E-state index contributed by atoms with van der Waals surface area (Å²) in [7, 11) is 0. The maximum Gasteiger partial charge on any atom is 0.137 e. The van der Waals surface area contributed by atoms with Crippen molar-refractivity contribution in [3.05, 3.63) is 35.6 Å². The first kappa shape index (κ1) is 11.2. The maximum atomic E-state index is 10.3. The predicted octanol–water partition coefficient (Wildman–Crippen LogP) is 3.75. The van der Waals surface area contributed by atoms with Gasteiger partial charge in [-0.3, -0.25) is 0 Å². The Kier molecular flexibility index (Phi) is 2.76. The van der Waals surface area contributed by atoms with Gasteiger partial charge in [0.2, 0.25) is 0 Å². The van der Waals surface area contributed by atoms with Crippen LogP contribution in [0.2, 0.25) is 0 Å². The van der Waals surface area contributed by atoms with Crippen molar-refractivity contribution >= 4 is 11.0 Å². The van der Waals surface area contributed by atoms with Crippen molar-refractivity contribution in [2.45, 2.75) is 39.2 Å². The fourth-order valence-electron chi connectivity index (χ4n) is 2.08. The van der Waals surface area contributed by atoms with Gasteiger partial charge in [-0.05, 0) is 31.9 Å². The fraction of sp³-hybridized carbons (Fsp3) is 0.429. The first-order chi connectivity index (χ1) is 7.54. The summed E-state index contributed by atoms with van der Waals surface area (Å²) in [4.78, 5) is 0. The first-order valence-electron chi connectivity index (χ1n) is 5.76. The molecular weight excluding hydrogens is 200 g/mol. The SMILES string of the molecule is CCCC(C)(O)c1cc2cccc(C)c2o1. The lowest BCUT2D eigenvalue weighted by atomic mass is 9.97. The fourth-order valence-corrected chi connectivity index (χ4v) is 2.08. The van der Waals surface area contributed by atoms with Gasteiger partial charge in [0, 0.05) is 5.39 Å². The lowest BCUT2D eigenvalue weighted by Gasteiger charge is -2.19. The second-order valence-corrected chi connectivity index (χ2v) is 4.63. The van der Waals surface area contributed by atoms with Crippen LogP contribution in [0, 0.1) is 6.92 Å². The van der Waals surface area contributed by atoms with E-state index in [4.69, 9.17) is 4.42 Å². The van der Waals surface area contributed by atoms with E-state index in [1.165, 1.54) is 0 Å². The van der Waals surface area contributed by atoms with E-state index >= 15 is 0 Å². The second kappa shape index (κ2) is 3.95. The molecule has 2 rings (SSSR count). The third-order valence-corrected chi connectivity index (χ3v) is 3.01. The maximum absolute atomic E-state index is 10.3. The molecule has 1 atom stereocenters. The van der Waals surface area contributed by atoms with Crippen LogP contribution in [0.3, 0.4) is 0 Å². The third kappa shape index (κ3) is 1.85. The number of hydrogen-bond acceptors (Lipinski definition) is 2. The Balaban J connectivity index is 2.51. The van der Waals surface area contributed by atoms with Crippen molar-refractivity contribution in [1.29, 1.82) is 0 Å². The zero-order chi connectivity index (χ0) is 11.8. The lowest BCUT2D eigenvalue weighted by Crippen LogP contribution is -2.19. The molecule has 0 amide bonds. The largest absolute Gasteiger partial charge is 0.458 e. The van der Waals surface area contributed by atoms with E-state index in [0.29, 0.717) is 12.2 Å². The highest BCUT2D eigenvalue weighted by molar-refractivity contribution is 5.81. The van der Waals surface area contributed by atoms with Crippen LogP contribution in [-0.4, -0.2) is 5.11 Å². The third-order valence-electron chi connectivity index (χ3n) is 3.01. The molecule has 1 aromatic heterocycles. The predicted molar refractivity (Wildman–Crippen MR) is 65.4 cm³/mol. The number of rotatable bonds is 3. The number of benzene rings is 1. The molecule has 2 nitrogen and oxygen atoms in total. The second-order valence-electron chi connectivity index (χ2n) is 4.63. The monoisotopic (exact) mass is 218 g/mol. The number of hydrogen-bond donors (Lipinski definition) is 1. The van der Waals surface area contributed by atoms with Crippen LogP contribution in [0.25, 0.3) is 11.0 Å². The van der Waals surface area contributed by atoms with Crippen LogP contribution in [-0.2, 0) is 5.60 Å². The highest BCUT2D eigenvalue weighted by Gasteiger charge is 2.26. The minimum Gasteiger partial charge on any atom is -0.458 e. The molecule has 16 heavy (non-hydrogen) atoms. The van der Waals surface area contributed by atoms with Crippen LogP contribution in [0.1, 0.15) is 38.0 Å². The van der Waals surface area contributed by atoms with Crippen molar-refractivity contribution in [3.63, 3.8) is 0 Å². The molecule has 2 aromatic rings. The average molecular weight is 218 g/mol. The van der Waals surface area contributed by atoms with Gasteiger partial charge in [-0.2, -0.15) is 0 Å². The Morgan fingerprint density at radius 2 is 2.12 bits per heavy atom. The molecule has 0 fully saturated rings. The molecule has 1 unspecified atom stereocenters. The van der Waals surface area contributed by atoms with Gasteiger partial charge in [0.25, 0.3) is 0 Å². The van der Waals surface area contributed by atoms with E-state index in [1.54, 1.807) is 0 Å². The van der Waals surface area contributed by atoms with E-state index in [9.17, 15) is 5.11 Å². The standard InChI is InChI=1S/C14H18O2/c1-4-8-14(3,15)12-9-11-7-5-6-10(2)13(11)16-12/h5-7,9,15H,4,8H2,1-3H3. The van der Waals surface area contributed by atoms with Crippen molar-refractivity contribution in [1.82, 2.24) is 0 Å². The van der Waals surface area contributed by atoms with Crippen LogP contribution in [0.15, 0.2) is 28.7 Å². The van der Waals surface area contributed by atoms with Crippen molar-refractivity contribution in [3.8, 4) is 0 Å². The molecular formula is C14H18O2. The highest BCUT2D eigenvalue weighted by atomic mass is 16.4. The molecule has 0 saturated carbocycles. The molecule has 0 aliphatic rings. The van der Waals surface area contributed by atoms with Gasteiger partial charge in [0.15, 0.2) is 0 Å². The molecule has 0 aliphatic carbocycles. The summed E-state index contributed by atoms with van der Waals surface area (Å²) in [5.74, 6) is 0.665. The van der Waals surface area contributed by atoms with Gasteiger partial charge in [0.05, 0.1) is 0 Å². The van der Waals surface area contributed by atoms with E-state index in [-0.39, 0.29) is 0 Å². The molecule has 1 N–H and O–H groups in total. The number of para-hydroxylation sites is 1. The van der Waals surface area contributed by atoms with Gasteiger partial charge < -0.3 is 9.52 Å². The average Bonchev–Trinajstić information content (AvgIpc) is 2.63. The smallest absolute Gasteiger partial charge is 0.137 e. The van der Waals surface area contributed by atoms with E-state index < -0.39 is 5.60 Å². The first-order valence-corrected chi connectivity index (χ1v) is 5.76. The zero-order valence-electron chi connectivity index (χ0n) is 10.1. The molecule has 0 spiro atoms. The normalized spacial score (nSPS) is 15.2. The molecule has 86 valence electrons. The summed E-state index contributed by atoms with van der Waals surface area (Å²) in [5.41, 5.74) is 1.13. The summed E-state index contributed by atoms with van der Waals surface area (Å²) >= 11 is 0. The summed E-state index contributed by atoms with van der Waals surface area (Å²) in [6, 6.07) is 7.98. The molecule has 0 radical (unpaired) electrons. The van der Waals surface area contributed by atoms with Gasteiger partial charge in [-0.25, -0.2) is 0 Å². The summed E-state index contributed by atoms with van der Waals surface area (Å²) < 4.78 is 5.77. The minimum atomic E-state index is -0.861. The highest BCUT2D eigenvalue weighted by Crippen LogP contribution is 2.32. The van der Waals surface area contributed by atoms with Gasteiger partial charge in [-0.1, -0.05) is 31.5 Å². The number of aliphatic hydroxyl groups is 1. The van der Waals surface area contributed by atoms with E-state index in [2.05, 4.69) is 6.92 Å². The van der Waals surface area contributed by atoms with Crippen LogP contribution in [0.4, 0.5) is 0 Å². The Hall–Kier alpha value is -1.28. The summed E-state index contributed by atoms with van der Waals surface area (Å²) in [6.07, 6.45) is 1.65. The van der Waals surface area contributed by atoms with Crippen molar-refractivity contribution < 1.29 is 9.52 Å². The molecule has 0 aliphatic heterocycles. The summed E-state index contributed by atoms with van der Waals surface area (Å²) in [5, 5.41) is 11.3. The Morgan fingerprint density at radius 3 is 2.75 bits per heavy atom. The van der Waals surface area contributed by atoms with Crippen LogP contribution in [0.5, 0.6) is 0 Å². The molecule has 2 heteroatoms. The molecule has 1 heterocycles. The topological polar surface area (TPSA) is 33.4 Å². The van der Waals surface area contributed by atoms with Crippen molar-refractivity contribution in [2.75, 3.05) is 0 Å². The molecule has 0 saturated heterocycles. The number of fused-ring (bicyclic) bond motifs is 1. The zero-order valence-corrected chi connectivity index (χ0v) is 10.1. The van der Waals surface area contributed by atoms with E-state index in [0.717, 1.165) is 23.0 Å². The van der Waals surface area contributed by atoms with Crippen molar-refractivity contribution in [2.24, 2.45) is 0 Å². The Morgan fingerprint density at radius 1 is 1.38 bits per heavy atom.